The fourth-order valence-corrected chi connectivity index (χ4v) is 4.16. The van der Waals surface area contributed by atoms with Gasteiger partial charge in [0, 0.05) is 28.7 Å². The number of hydrogen-bond acceptors (Lipinski definition) is 3. The molecule has 2 aromatic carbocycles. The maximum atomic E-state index is 12.2. The van der Waals surface area contributed by atoms with Crippen LogP contribution in [0.2, 0.25) is 5.02 Å². The van der Waals surface area contributed by atoms with Crippen molar-refractivity contribution in [1.29, 1.82) is 0 Å². The molecule has 0 aliphatic heterocycles. The molecule has 25 heavy (non-hydrogen) atoms. The molecule has 3 aromatic rings. The van der Waals surface area contributed by atoms with Crippen molar-refractivity contribution in [1.82, 2.24) is 9.71 Å². The van der Waals surface area contributed by atoms with Crippen molar-refractivity contribution in [3.63, 3.8) is 0 Å². The maximum Gasteiger partial charge on any atom is 0.215 e. The third-order valence-corrected chi connectivity index (χ3v) is 5.70. The number of sulfonamides is 1. The first-order valence-electron chi connectivity index (χ1n) is 7.83. The molecule has 0 saturated heterocycles. The second-order valence-corrected chi connectivity index (χ2v) is 7.93. The minimum Gasteiger partial charge on any atom is -0.497 e. The number of hydrogen-bond donors (Lipinski definition) is 2. The maximum absolute atomic E-state index is 12.2. The summed E-state index contributed by atoms with van der Waals surface area (Å²) in [5.74, 6) is 0.640. The molecule has 0 fully saturated rings. The first kappa shape index (κ1) is 17.8. The predicted octanol–water partition coefficient (Wildman–Crippen LogP) is 3.49. The summed E-state index contributed by atoms with van der Waals surface area (Å²) in [6, 6.07) is 12.7. The van der Waals surface area contributed by atoms with Crippen molar-refractivity contribution in [3.05, 3.63) is 64.8 Å². The summed E-state index contributed by atoms with van der Waals surface area (Å²) in [7, 11) is -1.82. The van der Waals surface area contributed by atoms with Crippen molar-refractivity contribution in [2.24, 2.45) is 0 Å². The molecule has 0 radical (unpaired) electrons. The van der Waals surface area contributed by atoms with E-state index in [4.69, 9.17) is 16.3 Å². The number of methoxy groups -OCH3 is 1. The molecule has 0 amide bonds. The number of benzene rings is 2. The fourth-order valence-electron chi connectivity index (χ4n) is 2.70. The Hall–Kier alpha value is -2.02. The highest BCUT2D eigenvalue weighted by Gasteiger charge is 2.14. The molecule has 0 bridgehead atoms. The van der Waals surface area contributed by atoms with Crippen molar-refractivity contribution >= 4 is 32.5 Å². The summed E-state index contributed by atoms with van der Waals surface area (Å²) in [6.45, 7) is 0.316. The van der Waals surface area contributed by atoms with Gasteiger partial charge in [-0.3, -0.25) is 0 Å². The lowest BCUT2D eigenvalue weighted by molar-refractivity contribution is 0.415. The third kappa shape index (κ3) is 4.34. The third-order valence-electron chi connectivity index (χ3n) is 3.99. The SMILES string of the molecule is COc1ccc2[nH]cc(CCNS(=O)(=O)Cc3ccccc3Cl)c2c1. The highest BCUT2D eigenvalue weighted by molar-refractivity contribution is 7.88. The van der Waals surface area contributed by atoms with Gasteiger partial charge in [0.15, 0.2) is 0 Å². The van der Waals surface area contributed by atoms with Crippen molar-refractivity contribution in [2.75, 3.05) is 13.7 Å². The van der Waals surface area contributed by atoms with Gasteiger partial charge in [0.2, 0.25) is 10.0 Å². The standard InChI is InChI=1S/C18H19ClN2O3S/c1-24-15-6-7-18-16(10-15)13(11-20-18)8-9-21-25(22,23)12-14-4-2-3-5-17(14)19/h2-7,10-11,20-21H,8-9,12H2,1H3. The molecule has 1 heterocycles. The molecule has 0 atom stereocenters. The molecule has 132 valence electrons. The van der Waals surface area contributed by atoms with Crippen LogP contribution in [0.15, 0.2) is 48.7 Å². The van der Waals surface area contributed by atoms with Gasteiger partial charge in [-0.05, 0) is 41.8 Å². The second-order valence-electron chi connectivity index (χ2n) is 5.72. The predicted molar refractivity (Wildman–Crippen MR) is 101 cm³/mol. The van der Waals surface area contributed by atoms with Crippen molar-refractivity contribution in [2.45, 2.75) is 12.2 Å². The molecule has 0 saturated carbocycles. The van der Waals surface area contributed by atoms with Crippen LogP contribution in [0.3, 0.4) is 0 Å². The Bertz CT molecular complexity index is 983. The minimum absolute atomic E-state index is 0.131. The first-order chi connectivity index (χ1) is 12.0. The van der Waals surface area contributed by atoms with E-state index in [-0.39, 0.29) is 5.75 Å². The van der Waals surface area contributed by atoms with Crippen LogP contribution in [-0.2, 0) is 22.2 Å². The lowest BCUT2D eigenvalue weighted by atomic mass is 10.1. The number of rotatable bonds is 7. The Morgan fingerprint density at radius 2 is 1.96 bits per heavy atom. The molecule has 5 nitrogen and oxygen atoms in total. The number of halogens is 1. The largest absolute Gasteiger partial charge is 0.497 e. The molecule has 7 heteroatoms. The Kier molecular flexibility index (Phi) is 5.32. The Labute approximate surface area is 152 Å². The molecule has 2 N–H and O–H groups in total. The van der Waals surface area contributed by atoms with Crippen LogP contribution in [0.25, 0.3) is 10.9 Å². The van der Waals surface area contributed by atoms with Crippen LogP contribution >= 0.6 is 11.6 Å². The molecule has 0 unspecified atom stereocenters. The summed E-state index contributed by atoms with van der Waals surface area (Å²) in [4.78, 5) is 3.18. The lowest BCUT2D eigenvalue weighted by Crippen LogP contribution is -2.27. The van der Waals surface area contributed by atoms with Crippen molar-refractivity contribution < 1.29 is 13.2 Å². The van der Waals surface area contributed by atoms with Gasteiger partial charge in [-0.25, -0.2) is 13.1 Å². The zero-order valence-corrected chi connectivity index (χ0v) is 15.3. The molecule has 3 rings (SSSR count). The molecule has 0 aliphatic rings. The molecule has 0 spiro atoms. The average molecular weight is 379 g/mol. The zero-order chi connectivity index (χ0) is 17.9. The normalized spacial score (nSPS) is 11.8. The van der Waals surface area contributed by atoms with E-state index >= 15 is 0 Å². The molecular weight excluding hydrogens is 360 g/mol. The summed E-state index contributed by atoms with van der Waals surface area (Å²) in [5.41, 5.74) is 2.62. The van der Waals surface area contributed by atoms with Gasteiger partial charge in [0.25, 0.3) is 0 Å². The van der Waals surface area contributed by atoms with Gasteiger partial charge in [-0.1, -0.05) is 29.8 Å². The summed E-state index contributed by atoms with van der Waals surface area (Å²) >= 11 is 6.03. The van der Waals surface area contributed by atoms with Crippen molar-refractivity contribution in [3.8, 4) is 5.75 Å². The van der Waals surface area contributed by atoms with Gasteiger partial charge in [-0.15, -0.1) is 0 Å². The number of nitrogens with one attached hydrogen (secondary N) is 2. The van der Waals surface area contributed by atoms with E-state index in [0.29, 0.717) is 23.6 Å². The molecule has 0 aliphatic carbocycles. The first-order valence-corrected chi connectivity index (χ1v) is 9.86. The zero-order valence-electron chi connectivity index (χ0n) is 13.8. The van der Waals surface area contributed by atoms with Gasteiger partial charge in [0.1, 0.15) is 5.75 Å². The number of H-pyrrole nitrogens is 1. The van der Waals surface area contributed by atoms with E-state index in [1.54, 1.807) is 31.4 Å². The Morgan fingerprint density at radius 1 is 1.16 bits per heavy atom. The number of aromatic amines is 1. The summed E-state index contributed by atoms with van der Waals surface area (Å²) < 4.78 is 32.4. The molecule has 1 aromatic heterocycles. The van der Waals surface area contributed by atoms with Gasteiger partial charge < -0.3 is 9.72 Å². The second kappa shape index (κ2) is 7.47. The van der Waals surface area contributed by atoms with E-state index in [2.05, 4.69) is 9.71 Å². The summed E-state index contributed by atoms with van der Waals surface area (Å²) in [5, 5.41) is 1.49. The van der Waals surface area contributed by atoms with E-state index in [9.17, 15) is 8.42 Å². The minimum atomic E-state index is -3.45. The van der Waals surface area contributed by atoms with Crippen LogP contribution in [-0.4, -0.2) is 27.1 Å². The Morgan fingerprint density at radius 3 is 2.72 bits per heavy atom. The lowest BCUT2D eigenvalue weighted by Gasteiger charge is -2.08. The smallest absolute Gasteiger partial charge is 0.215 e. The van der Waals surface area contributed by atoms with Crippen LogP contribution in [0.5, 0.6) is 5.75 Å². The number of fused-ring (bicyclic) bond motifs is 1. The summed E-state index contributed by atoms with van der Waals surface area (Å²) in [6.07, 6.45) is 2.47. The van der Waals surface area contributed by atoms with Gasteiger partial charge >= 0.3 is 0 Å². The average Bonchev–Trinajstić information content (AvgIpc) is 2.99. The van der Waals surface area contributed by atoms with Crippen LogP contribution < -0.4 is 9.46 Å². The fraction of sp³-hybridized carbons (Fsp3) is 0.222. The Balaban J connectivity index is 1.65. The van der Waals surface area contributed by atoms with E-state index < -0.39 is 10.0 Å². The van der Waals surface area contributed by atoms with Gasteiger partial charge in [0.05, 0.1) is 12.9 Å². The van der Waals surface area contributed by atoms with Crippen LogP contribution in [0.1, 0.15) is 11.1 Å². The van der Waals surface area contributed by atoms with Crippen LogP contribution in [0, 0.1) is 0 Å². The molecular formula is C18H19ClN2O3S. The quantitative estimate of drug-likeness (QED) is 0.661. The monoisotopic (exact) mass is 378 g/mol. The van der Waals surface area contributed by atoms with Gasteiger partial charge in [-0.2, -0.15) is 0 Å². The van der Waals surface area contributed by atoms with E-state index in [1.165, 1.54) is 0 Å². The number of ether oxygens (including phenoxy) is 1. The highest BCUT2D eigenvalue weighted by Crippen LogP contribution is 2.24. The number of aromatic nitrogens is 1. The van der Waals surface area contributed by atoms with E-state index in [0.717, 1.165) is 22.2 Å². The van der Waals surface area contributed by atoms with Crippen LogP contribution in [0.4, 0.5) is 0 Å². The topological polar surface area (TPSA) is 71.2 Å². The highest BCUT2D eigenvalue weighted by atomic mass is 35.5. The van der Waals surface area contributed by atoms with E-state index in [1.807, 2.05) is 24.4 Å².